The monoisotopic (exact) mass is 501 g/mol. The third-order valence-corrected chi connectivity index (χ3v) is 7.00. The van der Waals surface area contributed by atoms with Crippen LogP contribution in [0.1, 0.15) is 51.3 Å². The summed E-state index contributed by atoms with van der Waals surface area (Å²) in [5.41, 5.74) is 4.76. The summed E-state index contributed by atoms with van der Waals surface area (Å²) in [7, 11) is 0. The number of carboxylic acids is 1. The number of carbonyl (C=O) groups is 2. The van der Waals surface area contributed by atoms with Crippen molar-refractivity contribution >= 4 is 57.5 Å². The van der Waals surface area contributed by atoms with Crippen molar-refractivity contribution in [1.82, 2.24) is 4.98 Å². The topological polar surface area (TPSA) is 67.3 Å². The molecule has 0 saturated heterocycles. The van der Waals surface area contributed by atoms with E-state index in [1.54, 1.807) is 19.1 Å². The molecule has 0 aliphatic carbocycles. The second-order valence-electron chi connectivity index (χ2n) is 8.18. The number of pyridine rings is 1. The number of halogens is 1. The Balaban J connectivity index is 1.54. The molecule has 0 saturated carbocycles. The van der Waals surface area contributed by atoms with Crippen molar-refractivity contribution in [3.05, 3.63) is 112 Å². The fraction of sp³-hybridized carbons (Fsp3) is 0.138. The summed E-state index contributed by atoms with van der Waals surface area (Å²) < 4.78 is 0. The zero-order chi connectivity index (χ0) is 24.8. The molecule has 1 heterocycles. The van der Waals surface area contributed by atoms with Gasteiger partial charge in [0.15, 0.2) is 5.12 Å². The molecule has 1 N–H and O–H groups in total. The average molecular weight is 502 g/mol. The maximum Gasteiger partial charge on any atom is 0.335 e. The van der Waals surface area contributed by atoms with Crippen LogP contribution in [0.2, 0.25) is 5.02 Å². The molecular weight excluding hydrogens is 478 g/mol. The maximum atomic E-state index is 12.0. The Labute approximate surface area is 213 Å². The van der Waals surface area contributed by atoms with E-state index in [-0.39, 0.29) is 10.4 Å². The number of aryl methyl sites for hydroxylation is 1. The summed E-state index contributed by atoms with van der Waals surface area (Å²) in [4.78, 5) is 28.2. The van der Waals surface area contributed by atoms with E-state index >= 15 is 0 Å². The van der Waals surface area contributed by atoms with Crippen LogP contribution in [-0.2, 0) is 11.2 Å². The van der Waals surface area contributed by atoms with Gasteiger partial charge in [-0.15, -0.1) is 0 Å². The standard InChI is InChI=1S/C29H24ClNO3S/c1-19(32)35-28(16-12-21-6-2-3-8-26(21)29(33)34)23-7-4-5-20(17-23)9-14-25-15-11-22-10-13-24(30)18-27(22)31-25/h2-11,13-15,17-18,28H,12,16H2,1H3,(H,33,34)/b14-9+. The van der Waals surface area contributed by atoms with Gasteiger partial charge in [-0.2, -0.15) is 0 Å². The lowest BCUT2D eigenvalue weighted by atomic mass is 9.98. The number of hydrogen-bond acceptors (Lipinski definition) is 4. The van der Waals surface area contributed by atoms with E-state index in [0.717, 1.165) is 33.3 Å². The first-order chi connectivity index (χ1) is 16.9. The average Bonchev–Trinajstić information content (AvgIpc) is 2.85. The molecule has 0 aliphatic heterocycles. The van der Waals surface area contributed by atoms with Crippen molar-refractivity contribution < 1.29 is 14.7 Å². The van der Waals surface area contributed by atoms with Crippen molar-refractivity contribution in [2.45, 2.75) is 25.0 Å². The maximum absolute atomic E-state index is 12.0. The summed E-state index contributed by atoms with van der Waals surface area (Å²) in [5, 5.41) is 11.1. The van der Waals surface area contributed by atoms with Crippen LogP contribution in [0.25, 0.3) is 23.1 Å². The molecule has 4 nitrogen and oxygen atoms in total. The van der Waals surface area contributed by atoms with Crippen LogP contribution in [0.3, 0.4) is 0 Å². The first-order valence-electron chi connectivity index (χ1n) is 11.2. The molecule has 6 heteroatoms. The number of carboxylic acid groups (broad SMARTS) is 1. The van der Waals surface area contributed by atoms with Gasteiger partial charge in [-0.3, -0.25) is 4.79 Å². The van der Waals surface area contributed by atoms with Gasteiger partial charge < -0.3 is 5.11 Å². The predicted molar refractivity (Wildman–Crippen MR) is 145 cm³/mol. The van der Waals surface area contributed by atoms with E-state index in [2.05, 4.69) is 11.1 Å². The van der Waals surface area contributed by atoms with Crippen LogP contribution >= 0.6 is 23.4 Å². The van der Waals surface area contributed by atoms with Gasteiger partial charge >= 0.3 is 5.97 Å². The summed E-state index contributed by atoms with van der Waals surface area (Å²) in [6.45, 7) is 1.56. The Morgan fingerprint density at radius 1 is 1.00 bits per heavy atom. The fourth-order valence-electron chi connectivity index (χ4n) is 3.97. The van der Waals surface area contributed by atoms with Crippen LogP contribution in [-0.4, -0.2) is 21.2 Å². The Morgan fingerprint density at radius 3 is 2.60 bits per heavy atom. The van der Waals surface area contributed by atoms with Gasteiger partial charge in [-0.1, -0.05) is 84.0 Å². The van der Waals surface area contributed by atoms with Gasteiger partial charge in [0.05, 0.1) is 16.8 Å². The predicted octanol–water partition coefficient (Wildman–Crippen LogP) is 7.71. The van der Waals surface area contributed by atoms with Gasteiger partial charge in [0.2, 0.25) is 0 Å². The van der Waals surface area contributed by atoms with Crippen molar-refractivity contribution in [3.63, 3.8) is 0 Å². The Bertz CT molecular complexity index is 1420. The molecule has 0 aliphatic rings. The molecule has 35 heavy (non-hydrogen) atoms. The van der Waals surface area contributed by atoms with E-state index in [1.165, 1.54) is 11.8 Å². The zero-order valence-corrected chi connectivity index (χ0v) is 20.7. The summed E-state index contributed by atoms with van der Waals surface area (Å²) >= 11 is 7.38. The molecule has 4 rings (SSSR count). The first kappa shape index (κ1) is 24.7. The number of thioether (sulfide) groups is 1. The SMILES string of the molecule is CC(=O)SC(CCc1ccccc1C(=O)O)c1cccc(/C=C/c2ccc3ccc(Cl)cc3n2)c1. The number of hydrogen-bond donors (Lipinski definition) is 1. The normalized spacial score (nSPS) is 12.2. The molecular formula is C29H24ClNO3S. The van der Waals surface area contributed by atoms with Gasteiger partial charge in [0, 0.05) is 22.6 Å². The number of carbonyl (C=O) groups excluding carboxylic acids is 1. The highest BCUT2D eigenvalue weighted by molar-refractivity contribution is 8.13. The van der Waals surface area contributed by atoms with Crippen LogP contribution < -0.4 is 0 Å². The largest absolute Gasteiger partial charge is 0.478 e. The number of rotatable bonds is 8. The summed E-state index contributed by atoms with van der Waals surface area (Å²) in [5.74, 6) is -0.937. The Kier molecular flexibility index (Phi) is 8.01. The molecule has 0 bridgehead atoms. The zero-order valence-electron chi connectivity index (χ0n) is 19.1. The molecule has 1 atom stereocenters. The number of benzene rings is 3. The van der Waals surface area contributed by atoms with Gasteiger partial charge in [0.25, 0.3) is 0 Å². The third-order valence-electron chi connectivity index (χ3n) is 5.64. The van der Waals surface area contributed by atoms with Crippen LogP contribution in [0, 0.1) is 0 Å². The lowest BCUT2D eigenvalue weighted by molar-refractivity contribution is -0.109. The highest BCUT2D eigenvalue weighted by Gasteiger charge is 2.17. The van der Waals surface area contributed by atoms with Crippen molar-refractivity contribution in [2.75, 3.05) is 0 Å². The van der Waals surface area contributed by atoms with E-state index in [0.29, 0.717) is 23.4 Å². The van der Waals surface area contributed by atoms with Gasteiger partial charge in [-0.25, -0.2) is 9.78 Å². The molecule has 4 aromatic rings. The number of aromatic nitrogens is 1. The Morgan fingerprint density at radius 2 is 1.80 bits per heavy atom. The van der Waals surface area contributed by atoms with Crippen LogP contribution in [0.4, 0.5) is 0 Å². The molecule has 3 aromatic carbocycles. The summed E-state index contributed by atoms with van der Waals surface area (Å²) in [6.07, 6.45) is 5.17. The van der Waals surface area contributed by atoms with Crippen LogP contribution in [0.5, 0.6) is 0 Å². The number of fused-ring (bicyclic) bond motifs is 1. The molecule has 1 unspecified atom stereocenters. The molecule has 0 amide bonds. The second kappa shape index (κ2) is 11.3. The van der Waals surface area contributed by atoms with E-state index in [1.807, 2.05) is 72.8 Å². The van der Waals surface area contributed by atoms with Crippen molar-refractivity contribution in [2.24, 2.45) is 0 Å². The minimum absolute atomic E-state index is 0.0292. The second-order valence-corrected chi connectivity index (χ2v) is 9.99. The fourth-order valence-corrected chi connectivity index (χ4v) is 5.06. The van der Waals surface area contributed by atoms with Gasteiger partial charge in [-0.05, 0) is 59.9 Å². The highest BCUT2D eigenvalue weighted by atomic mass is 35.5. The number of nitrogens with zero attached hydrogens (tertiary/aromatic N) is 1. The summed E-state index contributed by atoms with van der Waals surface area (Å²) in [6, 6.07) is 24.7. The lowest BCUT2D eigenvalue weighted by Gasteiger charge is -2.17. The smallest absolute Gasteiger partial charge is 0.335 e. The van der Waals surface area contributed by atoms with Gasteiger partial charge in [0.1, 0.15) is 0 Å². The van der Waals surface area contributed by atoms with Crippen molar-refractivity contribution in [3.8, 4) is 0 Å². The quantitative estimate of drug-likeness (QED) is 0.268. The van der Waals surface area contributed by atoms with E-state index in [4.69, 9.17) is 11.6 Å². The minimum atomic E-state index is -0.937. The lowest BCUT2D eigenvalue weighted by Crippen LogP contribution is -2.05. The molecule has 0 fully saturated rings. The van der Waals surface area contributed by atoms with Crippen molar-refractivity contribution in [1.29, 1.82) is 0 Å². The Hall–Kier alpha value is -3.41. The van der Waals surface area contributed by atoms with E-state index < -0.39 is 5.97 Å². The molecule has 1 aromatic heterocycles. The number of aromatic carboxylic acids is 1. The highest BCUT2D eigenvalue weighted by Crippen LogP contribution is 2.35. The molecule has 0 spiro atoms. The van der Waals surface area contributed by atoms with E-state index in [9.17, 15) is 14.7 Å². The van der Waals surface area contributed by atoms with Crippen LogP contribution in [0.15, 0.2) is 78.9 Å². The molecule has 176 valence electrons. The first-order valence-corrected chi connectivity index (χ1v) is 12.5. The third kappa shape index (κ3) is 6.59. The minimum Gasteiger partial charge on any atom is -0.478 e. The molecule has 0 radical (unpaired) electrons.